The number of thioether (sulfide) groups is 1. The summed E-state index contributed by atoms with van der Waals surface area (Å²) in [5.74, 6) is 1.69. The van der Waals surface area contributed by atoms with Crippen molar-refractivity contribution in [2.45, 2.75) is 24.8 Å². The second-order valence-electron chi connectivity index (χ2n) is 5.94. The van der Waals surface area contributed by atoms with E-state index >= 15 is 0 Å². The van der Waals surface area contributed by atoms with Crippen LogP contribution in [0, 0.1) is 13.8 Å². The number of hydrogen-bond donors (Lipinski definition) is 0. The first-order valence-electron chi connectivity index (χ1n) is 8.19. The molecule has 0 aliphatic carbocycles. The van der Waals surface area contributed by atoms with Crippen LogP contribution in [0.3, 0.4) is 0 Å². The third-order valence-corrected chi connectivity index (χ3v) is 4.89. The fourth-order valence-corrected chi connectivity index (χ4v) is 3.42. The van der Waals surface area contributed by atoms with Crippen molar-refractivity contribution >= 4 is 11.8 Å². The normalized spacial score (nSPS) is 11.0. The predicted molar refractivity (Wildman–Crippen MR) is 100 cm³/mol. The molecule has 0 aliphatic rings. The minimum absolute atomic E-state index is 0.531. The highest BCUT2D eigenvalue weighted by Gasteiger charge is 2.13. The summed E-state index contributed by atoms with van der Waals surface area (Å²) in [4.78, 5) is 4.48. The Morgan fingerprint density at radius 2 is 1.96 bits per heavy atom. The Balaban J connectivity index is 1.51. The molecule has 0 atom stereocenters. The lowest BCUT2D eigenvalue weighted by Crippen LogP contribution is -1.97. The van der Waals surface area contributed by atoms with Crippen LogP contribution < -0.4 is 0 Å². The van der Waals surface area contributed by atoms with Crippen LogP contribution in [0.5, 0.6) is 0 Å². The van der Waals surface area contributed by atoms with Crippen molar-refractivity contribution < 1.29 is 4.52 Å². The van der Waals surface area contributed by atoms with Crippen LogP contribution in [-0.2, 0) is 5.75 Å². The van der Waals surface area contributed by atoms with Gasteiger partial charge in [-0.2, -0.15) is 4.98 Å². The molecule has 0 aliphatic heterocycles. The van der Waals surface area contributed by atoms with Gasteiger partial charge in [-0.25, -0.2) is 0 Å². The smallest absolute Gasteiger partial charge is 0.237 e. The molecule has 4 rings (SSSR count). The summed E-state index contributed by atoms with van der Waals surface area (Å²) in [6, 6.07) is 16.2. The van der Waals surface area contributed by atoms with Gasteiger partial charge in [-0.05, 0) is 31.5 Å². The minimum Gasteiger partial charge on any atom is -0.338 e. The molecule has 0 unspecified atom stereocenters. The third kappa shape index (κ3) is 3.39. The molecule has 130 valence electrons. The first-order chi connectivity index (χ1) is 12.7. The van der Waals surface area contributed by atoms with Crippen molar-refractivity contribution in [2.24, 2.45) is 0 Å². The SMILES string of the molecule is Cc1cccc(-c2noc(CSc3nncn3-c3ccccc3C)n2)c1. The Hall–Kier alpha value is -2.93. The average Bonchev–Trinajstić information content (AvgIpc) is 3.30. The topological polar surface area (TPSA) is 69.6 Å². The lowest BCUT2D eigenvalue weighted by molar-refractivity contribution is 0.391. The van der Waals surface area contributed by atoms with Crippen LogP contribution in [0.15, 0.2) is 64.5 Å². The fraction of sp³-hybridized carbons (Fsp3) is 0.158. The Morgan fingerprint density at radius 3 is 2.81 bits per heavy atom. The van der Waals surface area contributed by atoms with Crippen molar-refractivity contribution in [1.82, 2.24) is 24.9 Å². The molecule has 0 radical (unpaired) electrons. The van der Waals surface area contributed by atoms with Gasteiger partial charge in [-0.3, -0.25) is 4.57 Å². The van der Waals surface area contributed by atoms with Crippen LogP contribution >= 0.6 is 11.8 Å². The van der Waals surface area contributed by atoms with E-state index < -0.39 is 0 Å². The monoisotopic (exact) mass is 363 g/mol. The minimum atomic E-state index is 0.531. The molecule has 4 aromatic rings. The standard InChI is InChI=1S/C19H17N5OS/c1-13-6-5-8-15(10-13)18-21-17(25-23-18)11-26-19-22-20-12-24(19)16-9-4-3-7-14(16)2/h3-10,12H,11H2,1-2H3. The van der Waals surface area contributed by atoms with Crippen LogP contribution in [0.1, 0.15) is 17.0 Å². The number of benzene rings is 2. The zero-order chi connectivity index (χ0) is 17.9. The van der Waals surface area contributed by atoms with E-state index in [0.717, 1.165) is 27.5 Å². The highest BCUT2D eigenvalue weighted by molar-refractivity contribution is 7.98. The highest BCUT2D eigenvalue weighted by Crippen LogP contribution is 2.25. The zero-order valence-corrected chi connectivity index (χ0v) is 15.3. The van der Waals surface area contributed by atoms with Crippen molar-refractivity contribution in [3.63, 3.8) is 0 Å². The zero-order valence-electron chi connectivity index (χ0n) is 14.5. The van der Waals surface area contributed by atoms with Gasteiger partial charge >= 0.3 is 0 Å². The predicted octanol–water partition coefficient (Wildman–Crippen LogP) is 4.23. The maximum absolute atomic E-state index is 5.39. The maximum Gasteiger partial charge on any atom is 0.237 e. The number of nitrogens with zero attached hydrogens (tertiary/aromatic N) is 5. The van der Waals surface area contributed by atoms with Crippen molar-refractivity contribution in [3.05, 3.63) is 71.9 Å². The largest absolute Gasteiger partial charge is 0.338 e. The lowest BCUT2D eigenvalue weighted by atomic mass is 10.1. The highest BCUT2D eigenvalue weighted by atomic mass is 32.2. The molecule has 0 bridgehead atoms. The van der Waals surface area contributed by atoms with Crippen molar-refractivity contribution in [1.29, 1.82) is 0 Å². The van der Waals surface area contributed by atoms with Gasteiger partial charge in [0.05, 0.1) is 11.4 Å². The second-order valence-corrected chi connectivity index (χ2v) is 6.88. The van der Waals surface area contributed by atoms with E-state index in [0.29, 0.717) is 17.5 Å². The molecule has 0 saturated carbocycles. The fourth-order valence-electron chi connectivity index (χ4n) is 2.66. The second kappa shape index (κ2) is 7.13. The van der Waals surface area contributed by atoms with E-state index in [1.54, 1.807) is 6.33 Å². The molecule has 0 amide bonds. The third-order valence-electron chi connectivity index (χ3n) is 3.96. The summed E-state index contributed by atoms with van der Waals surface area (Å²) in [7, 11) is 0. The van der Waals surface area contributed by atoms with Gasteiger partial charge in [0.15, 0.2) is 5.16 Å². The Morgan fingerprint density at radius 1 is 1.08 bits per heavy atom. The molecule has 0 spiro atoms. The molecule has 2 aromatic carbocycles. The van der Waals surface area contributed by atoms with Gasteiger partial charge in [-0.15, -0.1) is 10.2 Å². The van der Waals surface area contributed by atoms with E-state index in [-0.39, 0.29) is 0 Å². The maximum atomic E-state index is 5.39. The average molecular weight is 363 g/mol. The Bertz CT molecular complexity index is 1040. The van der Waals surface area contributed by atoms with Crippen molar-refractivity contribution in [2.75, 3.05) is 0 Å². The number of para-hydroxylation sites is 1. The molecule has 0 saturated heterocycles. The Labute approximate surface area is 155 Å². The quantitative estimate of drug-likeness (QED) is 0.494. The van der Waals surface area contributed by atoms with E-state index in [4.69, 9.17) is 4.52 Å². The number of rotatable bonds is 5. The van der Waals surface area contributed by atoms with E-state index in [1.807, 2.05) is 54.0 Å². The van der Waals surface area contributed by atoms with E-state index in [2.05, 4.69) is 33.3 Å². The number of aromatic nitrogens is 5. The van der Waals surface area contributed by atoms with Gasteiger partial charge in [0.1, 0.15) is 6.33 Å². The van der Waals surface area contributed by atoms with Crippen LogP contribution in [0.2, 0.25) is 0 Å². The van der Waals surface area contributed by atoms with E-state index in [9.17, 15) is 0 Å². The molecule has 26 heavy (non-hydrogen) atoms. The van der Waals surface area contributed by atoms with E-state index in [1.165, 1.54) is 11.8 Å². The number of aryl methyl sites for hydroxylation is 2. The van der Waals surface area contributed by atoms with Crippen LogP contribution in [-0.4, -0.2) is 24.9 Å². The van der Waals surface area contributed by atoms with Gasteiger partial charge in [0, 0.05) is 5.56 Å². The first kappa shape index (κ1) is 16.5. The molecule has 0 N–H and O–H groups in total. The van der Waals surface area contributed by atoms with Gasteiger partial charge in [0.2, 0.25) is 11.7 Å². The summed E-state index contributed by atoms with van der Waals surface area (Å²) in [6.45, 7) is 4.11. The molecule has 2 heterocycles. The summed E-state index contributed by atoms with van der Waals surface area (Å²) in [6.07, 6.45) is 1.72. The van der Waals surface area contributed by atoms with Gasteiger partial charge in [-0.1, -0.05) is 58.9 Å². The van der Waals surface area contributed by atoms with Gasteiger partial charge < -0.3 is 4.52 Å². The Kier molecular flexibility index (Phi) is 4.53. The van der Waals surface area contributed by atoms with Crippen molar-refractivity contribution in [3.8, 4) is 17.1 Å². The first-order valence-corrected chi connectivity index (χ1v) is 9.18. The lowest BCUT2D eigenvalue weighted by Gasteiger charge is -2.08. The molecule has 0 fully saturated rings. The number of hydrogen-bond acceptors (Lipinski definition) is 6. The molecular weight excluding hydrogens is 346 g/mol. The molecule has 7 heteroatoms. The summed E-state index contributed by atoms with van der Waals surface area (Å²) in [5.41, 5.74) is 4.34. The molecule has 6 nitrogen and oxygen atoms in total. The summed E-state index contributed by atoms with van der Waals surface area (Å²) in [5, 5.41) is 13.1. The van der Waals surface area contributed by atoms with Gasteiger partial charge in [0.25, 0.3) is 0 Å². The summed E-state index contributed by atoms with van der Waals surface area (Å²) < 4.78 is 7.36. The summed E-state index contributed by atoms with van der Waals surface area (Å²) >= 11 is 1.52. The van der Waals surface area contributed by atoms with Crippen LogP contribution in [0.25, 0.3) is 17.1 Å². The van der Waals surface area contributed by atoms with Crippen LogP contribution in [0.4, 0.5) is 0 Å². The molecular formula is C19H17N5OS. The molecule has 2 aromatic heterocycles.